The number of methoxy groups -OCH3 is 1. The Kier molecular flexibility index (Phi) is 10.4. The van der Waals surface area contributed by atoms with Gasteiger partial charge in [-0.25, -0.2) is 12.8 Å². The van der Waals surface area contributed by atoms with E-state index in [-0.39, 0.29) is 28.2 Å². The van der Waals surface area contributed by atoms with Gasteiger partial charge in [0, 0.05) is 22.6 Å². The van der Waals surface area contributed by atoms with Crippen molar-refractivity contribution in [1.29, 1.82) is 0 Å². The second kappa shape index (κ2) is 13.3. The van der Waals surface area contributed by atoms with E-state index in [1.54, 1.807) is 32.9 Å². The van der Waals surface area contributed by atoms with E-state index in [0.717, 1.165) is 16.4 Å². The van der Waals surface area contributed by atoms with Crippen LogP contribution in [-0.2, 0) is 26.2 Å². The van der Waals surface area contributed by atoms with Crippen molar-refractivity contribution in [3.8, 4) is 5.75 Å². The fraction of sp³-hybridized carbons (Fsp3) is 0.286. The zero-order chi connectivity index (χ0) is 29.6. The number of amides is 2. The second-order valence-corrected chi connectivity index (χ2v) is 12.0. The minimum atomic E-state index is -4.31. The smallest absolute Gasteiger partial charge is 0.264 e. The molecule has 0 heterocycles. The largest absolute Gasteiger partial charge is 0.497 e. The van der Waals surface area contributed by atoms with Crippen LogP contribution >= 0.6 is 23.2 Å². The fourth-order valence-corrected chi connectivity index (χ4v) is 5.71. The van der Waals surface area contributed by atoms with E-state index in [4.69, 9.17) is 27.9 Å². The summed E-state index contributed by atoms with van der Waals surface area (Å²) in [7, 11) is -2.86. The van der Waals surface area contributed by atoms with Crippen LogP contribution < -0.4 is 14.4 Å². The summed E-state index contributed by atoms with van der Waals surface area (Å²) in [5, 5.41) is 3.45. The molecule has 0 saturated heterocycles. The first-order valence-corrected chi connectivity index (χ1v) is 14.5. The Labute approximate surface area is 243 Å². The second-order valence-electron chi connectivity index (χ2n) is 9.26. The molecule has 0 aliphatic carbocycles. The summed E-state index contributed by atoms with van der Waals surface area (Å²) >= 11 is 12.4. The van der Waals surface area contributed by atoms with Crippen LogP contribution in [-0.4, -0.2) is 50.9 Å². The van der Waals surface area contributed by atoms with Crippen LogP contribution in [0.15, 0.2) is 71.6 Å². The molecule has 0 aliphatic heterocycles. The molecule has 3 aromatic carbocycles. The monoisotopic (exact) mass is 609 g/mol. The van der Waals surface area contributed by atoms with Crippen LogP contribution in [0.5, 0.6) is 5.75 Å². The number of anilines is 1. The third-order valence-corrected chi connectivity index (χ3v) is 8.37. The lowest BCUT2D eigenvalue weighted by molar-refractivity contribution is -0.139. The van der Waals surface area contributed by atoms with Gasteiger partial charge in [0.1, 0.15) is 24.2 Å². The zero-order valence-electron chi connectivity index (χ0n) is 22.4. The van der Waals surface area contributed by atoms with E-state index >= 15 is 0 Å². The highest BCUT2D eigenvalue weighted by atomic mass is 35.5. The highest BCUT2D eigenvalue weighted by Crippen LogP contribution is 2.27. The predicted molar refractivity (Wildman–Crippen MR) is 154 cm³/mol. The van der Waals surface area contributed by atoms with Crippen LogP contribution in [0.1, 0.15) is 26.3 Å². The predicted octanol–water partition coefficient (Wildman–Crippen LogP) is 5.28. The topological polar surface area (TPSA) is 96.0 Å². The van der Waals surface area contributed by atoms with Gasteiger partial charge in [-0.2, -0.15) is 0 Å². The average Bonchev–Trinajstić information content (AvgIpc) is 2.91. The third kappa shape index (κ3) is 7.65. The Balaban J connectivity index is 2.05. The fourth-order valence-electron chi connectivity index (χ4n) is 3.83. The van der Waals surface area contributed by atoms with Gasteiger partial charge < -0.3 is 15.0 Å². The van der Waals surface area contributed by atoms with Gasteiger partial charge in [-0.15, -0.1) is 0 Å². The highest BCUT2D eigenvalue weighted by molar-refractivity contribution is 7.92. The number of hydrogen-bond donors (Lipinski definition) is 1. The zero-order valence-corrected chi connectivity index (χ0v) is 24.7. The lowest BCUT2D eigenvalue weighted by Crippen LogP contribution is -2.52. The van der Waals surface area contributed by atoms with Crippen LogP contribution in [0.3, 0.4) is 0 Å². The molecule has 1 N–H and O–H groups in total. The molecule has 3 rings (SSSR count). The van der Waals surface area contributed by atoms with Crippen molar-refractivity contribution in [1.82, 2.24) is 10.2 Å². The number of halogens is 3. The number of carbonyl (C=O) groups excluding carboxylic acids is 2. The Hall–Kier alpha value is -3.34. The molecule has 0 unspecified atom stereocenters. The lowest BCUT2D eigenvalue weighted by Gasteiger charge is -2.32. The van der Waals surface area contributed by atoms with Crippen molar-refractivity contribution in [3.05, 3.63) is 88.2 Å². The van der Waals surface area contributed by atoms with Crippen LogP contribution in [0.25, 0.3) is 0 Å². The van der Waals surface area contributed by atoms with E-state index in [9.17, 15) is 22.4 Å². The summed E-state index contributed by atoms with van der Waals surface area (Å²) in [6, 6.07) is 13.9. The molecule has 0 aromatic heterocycles. The van der Waals surface area contributed by atoms with E-state index in [0.29, 0.717) is 16.3 Å². The Bertz CT molecular complexity index is 1450. The van der Waals surface area contributed by atoms with E-state index < -0.39 is 40.2 Å². The Morgan fingerprint density at radius 1 is 0.975 bits per heavy atom. The minimum absolute atomic E-state index is 0.0642. The first-order chi connectivity index (χ1) is 18.8. The number of benzene rings is 3. The Morgan fingerprint density at radius 2 is 1.60 bits per heavy atom. The maximum atomic E-state index is 13.9. The highest BCUT2D eigenvalue weighted by Gasteiger charge is 2.33. The van der Waals surface area contributed by atoms with Crippen molar-refractivity contribution in [2.24, 2.45) is 0 Å². The summed E-state index contributed by atoms with van der Waals surface area (Å²) < 4.78 is 47.3. The summed E-state index contributed by atoms with van der Waals surface area (Å²) in [5.74, 6) is -1.24. The van der Waals surface area contributed by atoms with Gasteiger partial charge >= 0.3 is 0 Å². The standard InChI is InChI=1S/C28H30Cl2FN3O5S/c1-18(2)32-28(36)19(3)33(16-20-5-6-21(29)15-26(20)30)27(35)17-34(23-9-7-22(31)8-10-23)40(37,38)25-13-11-24(39-4)12-14-25/h5-15,18-19H,16-17H2,1-4H3,(H,32,36)/t19-/m0/s1. The first kappa shape index (κ1) is 31.2. The van der Waals surface area contributed by atoms with Crippen molar-refractivity contribution < 1.29 is 27.1 Å². The third-order valence-electron chi connectivity index (χ3n) is 5.99. The van der Waals surface area contributed by atoms with Gasteiger partial charge in [-0.05, 0) is 87.0 Å². The number of ether oxygens (including phenoxy) is 1. The molecule has 12 heteroatoms. The molecular weight excluding hydrogens is 580 g/mol. The van der Waals surface area contributed by atoms with Gasteiger partial charge in [0.25, 0.3) is 10.0 Å². The van der Waals surface area contributed by atoms with Gasteiger partial charge in [0.05, 0.1) is 17.7 Å². The normalized spacial score (nSPS) is 12.1. The van der Waals surface area contributed by atoms with Gasteiger partial charge in [0.2, 0.25) is 11.8 Å². The van der Waals surface area contributed by atoms with E-state index in [2.05, 4.69) is 5.32 Å². The molecule has 0 spiro atoms. The molecule has 1 atom stereocenters. The number of nitrogens with one attached hydrogen (secondary N) is 1. The molecule has 0 fully saturated rings. The lowest BCUT2D eigenvalue weighted by atomic mass is 10.1. The van der Waals surface area contributed by atoms with E-state index in [1.165, 1.54) is 54.5 Å². The quantitative estimate of drug-likeness (QED) is 0.319. The number of nitrogens with zero attached hydrogens (tertiary/aromatic N) is 2. The molecule has 0 bridgehead atoms. The molecule has 8 nitrogen and oxygen atoms in total. The summed E-state index contributed by atoms with van der Waals surface area (Å²) in [6.45, 7) is 4.33. The molecular formula is C28H30Cl2FN3O5S. The summed E-state index contributed by atoms with van der Waals surface area (Å²) in [4.78, 5) is 28.0. The van der Waals surface area contributed by atoms with Gasteiger partial charge in [-0.1, -0.05) is 29.3 Å². The average molecular weight is 611 g/mol. The van der Waals surface area contributed by atoms with Crippen LogP contribution in [0, 0.1) is 5.82 Å². The van der Waals surface area contributed by atoms with E-state index in [1.807, 2.05) is 0 Å². The SMILES string of the molecule is COc1ccc(S(=O)(=O)N(CC(=O)N(Cc2ccc(Cl)cc2Cl)[C@@H](C)C(=O)NC(C)C)c2ccc(F)cc2)cc1. The number of rotatable bonds is 11. The first-order valence-electron chi connectivity index (χ1n) is 12.3. The molecule has 0 aliphatic rings. The molecule has 40 heavy (non-hydrogen) atoms. The van der Waals surface area contributed by atoms with Crippen molar-refractivity contribution in [2.45, 2.75) is 44.3 Å². The molecule has 2 amide bonds. The molecule has 0 radical (unpaired) electrons. The summed E-state index contributed by atoms with van der Waals surface area (Å²) in [6.07, 6.45) is 0. The van der Waals surface area contributed by atoms with Crippen molar-refractivity contribution in [3.63, 3.8) is 0 Å². The number of carbonyl (C=O) groups is 2. The van der Waals surface area contributed by atoms with Crippen molar-refractivity contribution >= 4 is 50.7 Å². The summed E-state index contributed by atoms with van der Waals surface area (Å²) in [5.41, 5.74) is 0.573. The molecule has 3 aromatic rings. The molecule has 0 saturated carbocycles. The maximum Gasteiger partial charge on any atom is 0.264 e. The minimum Gasteiger partial charge on any atom is -0.497 e. The molecule has 214 valence electrons. The number of sulfonamides is 1. The van der Waals surface area contributed by atoms with Gasteiger partial charge in [0.15, 0.2) is 0 Å². The number of hydrogen-bond acceptors (Lipinski definition) is 5. The van der Waals surface area contributed by atoms with Crippen LogP contribution in [0.4, 0.5) is 10.1 Å². The van der Waals surface area contributed by atoms with Crippen molar-refractivity contribution in [2.75, 3.05) is 18.0 Å². The van der Waals surface area contributed by atoms with Crippen LogP contribution in [0.2, 0.25) is 10.0 Å². The Morgan fingerprint density at radius 3 is 2.15 bits per heavy atom. The van der Waals surface area contributed by atoms with Gasteiger partial charge in [-0.3, -0.25) is 13.9 Å². The maximum absolute atomic E-state index is 13.9.